The van der Waals surface area contributed by atoms with Gasteiger partial charge in [0.25, 0.3) is 0 Å². The van der Waals surface area contributed by atoms with Crippen molar-refractivity contribution in [2.45, 2.75) is 52.0 Å². The number of nitrogens with two attached hydrogens (primary N) is 1. The van der Waals surface area contributed by atoms with Gasteiger partial charge in [-0.15, -0.1) is 0 Å². The Morgan fingerprint density at radius 1 is 1.42 bits per heavy atom. The van der Waals surface area contributed by atoms with Crippen LogP contribution in [0.15, 0.2) is 18.2 Å². The molecule has 1 saturated carbocycles. The smallest absolute Gasteiger partial charge is 0.123 e. The number of aryl methyl sites for hydroxylation is 1. The summed E-state index contributed by atoms with van der Waals surface area (Å²) in [6, 6.07) is 5.07. The van der Waals surface area contributed by atoms with Crippen LogP contribution in [0, 0.1) is 24.6 Å². The van der Waals surface area contributed by atoms with Crippen LogP contribution < -0.4 is 11.3 Å². The maximum atomic E-state index is 13.5. The normalized spacial score (nSPS) is 25.3. The van der Waals surface area contributed by atoms with Gasteiger partial charge in [0.05, 0.1) is 0 Å². The van der Waals surface area contributed by atoms with Crippen LogP contribution in [0.25, 0.3) is 0 Å². The second-order valence-electron chi connectivity index (χ2n) is 5.85. The standard InChI is InChI=1S/C16H25FN2/c1-3-12-5-4-6-13(9-12)16(19-18)15-10-14(17)8-7-11(15)2/h7-8,10,12-13,16,19H,3-6,9,18H2,1-2H3. The van der Waals surface area contributed by atoms with Crippen molar-refractivity contribution >= 4 is 0 Å². The molecule has 1 fully saturated rings. The van der Waals surface area contributed by atoms with Gasteiger partial charge in [-0.1, -0.05) is 32.3 Å². The number of hydrogen-bond donors (Lipinski definition) is 2. The fourth-order valence-corrected chi connectivity index (χ4v) is 3.43. The average molecular weight is 264 g/mol. The summed E-state index contributed by atoms with van der Waals surface area (Å²) in [4.78, 5) is 0. The molecule has 1 aliphatic rings. The largest absolute Gasteiger partial charge is 0.271 e. The fraction of sp³-hybridized carbons (Fsp3) is 0.625. The first kappa shape index (κ1) is 14.5. The van der Waals surface area contributed by atoms with E-state index >= 15 is 0 Å². The molecule has 1 aliphatic carbocycles. The molecule has 0 bridgehead atoms. The molecular formula is C16H25FN2. The molecule has 0 amide bonds. The van der Waals surface area contributed by atoms with Gasteiger partial charge < -0.3 is 0 Å². The van der Waals surface area contributed by atoms with Crippen LogP contribution in [0.2, 0.25) is 0 Å². The van der Waals surface area contributed by atoms with Gasteiger partial charge in [0.2, 0.25) is 0 Å². The molecule has 3 heteroatoms. The van der Waals surface area contributed by atoms with Crippen LogP contribution in [0.1, 0.15) is 56.2 Å². The first-order valence-corrected chi connectivity index (χ1v) is 7.37. The van der Waals surface area contributed by atoms with Crippen molar-refractivity contribution in [3.05, 3.63) is 35.1 Å². The Kier molecular flexibility index (Phi) is 4.94. The molecular weight excluding hydrogens is 239 g/mol. The Morgan fingerprint density at radius 2 is 2.21 bits per heavy atom. The van der Waals surface area contributed by atoms with Gasteiger partial charge >= 0.3 is 0 Å². The maximum Gasteiger partial charge on any atom is 0.123 e. The average Bonchev–Trinajstić information content (AvgIpc) is 2.44. The predicted molar refractivity (Wildman–Crippen MR) is 76.9 cm³/mol. The van der Waals surface area contributed by atoms with Crippen molar-refractivity contribution in [2.75, 3.05) is 0 Å². The van der Waals surface area contributed by atoms with E-state index in [-0.39, 0.29) is 11.9 Å². The SMILES string of the molecule is CCC1CCCC(C(NN)c2cc(F)ccc2C)C1. The third-order valence-corrected chi connectivity index (χ3v) is 4.63. The highest BCUT2D eigenvalue weighted by Gasteiger charge is 2.29. The van der Waals surface area contributed by atoms with Crippen molar-refractivity contribution in [1.29, 1.82) is 0 Å². The molecule has 3 unspecified atom stereocenters. The Labute approximate surface area is 115 Å². The number of benzene rings is 1. The predicted octanol–water partition coefficient (Wildman–Crippen LogP) is 3.85. The molecule has 0 aliphatic heterocycles. The summed E-state index contributed by atoms with van der Waals surface area (Å²) in [5, 5.41) is 0. The lowest BCUT2D eigenvalue weighted by Crippen LogP contribution is -2.36. The van der Waals surface area contributed by atoms with Gasteiger partial charge in [-0.05, 0) is 54.9 Å². The Balaban J connectivity index is 2.21. The number of rotatable bonds is 4. The topological polar surface area (TPSA) is 38.0 Å². The molecule has 19 heavy (non-hydrogen) atoms. The summed E-state index contributed by atoms with van der Waals surface area (Å²) in [6.45, 7) is 4.28. The first-order chi connectivity index (χ1) is 9.15. The molecule has 0 spiro atoms. The van der Waals surface area contributed by atoms with Crippen LogP contribution in [0.5, 0.6) is 0 Å². The molecule has 2 rings (SSSR count). The molecule has 106 valence electrons. The van der Waals surface area contributed by atoms with Crippen molar-refractivity contribution in [3.8, 4) is 0 Å². The summed E-state index contributed by atoms with van der Waals surface area (Å²) >= 11 is 0. The van der Waals surface area contributed by atoms with E-state index in [1.54, 1.807) is 6.07 Å². The van der Waals surface area contributed by atoms with E-state index in [0.717, 1.165) is 17.0 Å². The van der Waals surface area contributed by atoms with E-state index in [1.807, 2.05) is 13.0 Å². The highest BCUT2D eigenvalue weighted by atomic mass is 19.1. The van der Waals surface area contributed by atoms with Crippen molar-refractivity contribution in [1.82, 2.24) is 5.43 Å². The fourth-order valence-electron chi connectivity index (χ4n) is 3.43. The summed E-state index contributed by atoms with van der Waals surface area (Å²) < 4.78 is 13.5. The zero-order chi connectivity index (χ0) is 13.8. The minimum Gasteiger partial charge on any atom is -0.271 e. The van der Waals surface area contributed by atoms with Crippen LogP contribution in [-0.2, 0) is 0 Å². The Bertz CT molecular complexity index is 419. The molecule has 1 aromatic rings. The van der Waals surface area contributed by atoms with Crippen LogP contribution in [0.4, 0.5) is 4.39 Å². The molecule has 0 saturated heterocycles. The molecule has 3 N–H and O–H groups in total. The lowest BCUT2D eigenvalue weighted by atomic mass is 9.75. The highest BCUT2D eigenvalue weighted by Crippen LogP contribution is 2.39. The van der Waals surface area contributed by atoms with Crippen molar-refractivity contribution < 1.29 is 4.39 Å². The Hall–Kier alpha value is -0.930. The molecule has 2 nitrogen and oxygen atoms in total. The van der Waals surface area contributed by atoms with Gasteiger partial charge in [0, 0.05) is 6.04 Å². The van der Waals surface area contributed by atoms with Gasteiger partial charge in [-0.25, -0.2) is 4.39 Å². The summed E-state index contributed by atoms with van der Waals surface area (Å²) in [6.07, 6.45) is 6.20. The second-order valence-corrected chi connectivity index (χ2v) is 5.85. The van der Waals surface area contributed by atoms with Crippen molar-refractivity contribution in [3.63, 3.8) is 0 Å². The minimum absolute atomic E-state index is 0.0741. The summed E-state index contributed by atoms with van der Waals surface area (Å²) in [7, 11) is 0. The lowest BCUT2D eigenvalue weighted by Gasteiger charge is -2.34. The molecule has 0 radical (unpaired) electrons. The first-order valence-electron chi connectivity index (χ1n) is 7.37. The monoisotopic (exact) mass is 264 g/mol. The zero-order valence-corrected chi connectivity index (χ0v) is 12.0. The lowest BCUT2D eigenvalue weighted by molar-refractivity contribution is 0.209. The third-order valence-electron chi connectivity index (χ3n) is 4.63. The van der Waals surface area contributed by atoms with Gasteiger partial charge in [-0.3, -0.25) is 11.3 Å². The van der Waals surface area contributed by atoms with E-state index in [9.17, 15) is 4.39 Å². The van der Waals surface area contributed by atoms with Crippen LogP contribution >= 0.6 is 0 Å². The van der Waals surface area contributed by atoms with E-state index in [2.05, 4.69) is 12.3 Å². The number of hydrogen-bond acceptors (Lipinski definition) is 2. The second kappa shape index (κ2) is 6.49. The van der Waals surface area contributed by atoms with Crippen LogP contribution in [0.3, 0.4) is 0 Å². The number of halogens is 1. The maximum absolute atomic E-state index is 13.5. The quantitative estimate of drug-likeness (QED) is 0.640. The highest BCUT2D eigenvalue weighted by molar-refractivity contribution is 5.30. The van der Waals surface area contributed by atoms with Crippen LogP contribution in [-0.4, -0.2) is 0 Å². The van der Waals surface area contributed by atoms with E-state index < -0.39 is 0 Å². The number of hydrazine groups is 1. The van der Waals surface area contributed by atoms with E-state index in [4.69, 9.17) is 5.84 Å². The van der Waals surface area contributed by atoms with E-state index in [0.29, 0.717) is 5.92 Å². The molecule has 0 aromatic heterocycles. The molecule has 3 atom stereocenters. The summed E-state index contributed by atoms with van der Waals surface area (Å²) in [5.74, 6) is 6.90. The Morgan fingerprint density at radius 3 is 2.89 bits per heavy atom. The van der Waals surface area contributed by atoms with Crippen molar-refractivity contribution in [2.24, 2.45) is 17.7 Å². The van der Waals surface area contributed by atoms with Gasteiger partial charge in [-0.2, -0.15) is 0 Å². The van der Waals surface area contributed by atoms with E-state index in [1.165, 1.54) is 38.2 Å². The van der Waals surface area contributed by atoms with Gasteiger partial charge in [0.1, 0.15) is 5.82 Å². The van der Waals surface area contributed by atoms with Gasteiger partial charge in [0.15, 0.2) is 0 Å². The molecule has 1 aromatic carbocycles. The third kappa shape index (κ3) is 3.34. The number of nitrogens with one attached hydrogen (secondary N) is 1. The minimum atomic E-state index is -0.177. The summed E-state index contributed by atoms with van der Waals surface area (Å²) in [5.41, 5.74) is 5.07. The zero-order valence-electron chi connectivity index (χ0n) is 12.0. The molecule has 0 heterocycles.